The fourth-order valence-corrected chi connectivity index (χ4v) is 2.59. The molecule has 0 bridgehead atoms. The van der Waals surface area contributed by atoms with E-state index in [1.807, 2.05) is 13.1 Å². The molecule has 0 aliphatic heterocycles. The predicted molar refractivity (Wildman–Crippen MR) is 76.5 cm³/mol. The standard InChI is InChI=1S/C13H12ClN5O2/c1-7-10-11(14)9(13(20)21)5-15-12(10)19(17-7)6-8-3-4-16-18(8)2/h3-5H,6H2,1-2H3,(H,20,21). The first-order chi connectivity index (χ1) is 9.99. The molecule has 0 radical (unpaired) electrons. The highest BCUT2D eigenvalue weighted by Gasteiger charge is 2.19. The molecule has 3 aromatic rings. The van der Waals surface area contributed by atoms with Crippen molar-refractivity contribution < 1.29 is 9.90 Å². The Kier molecular flexibility index (Phi) is 3.13. The van der Waals surface area contributed by atoms with Gasteiger partial charge in [0.25, 0.3) is 0 Å². The summed E-state index contributed by atoms with van der Waals surface area (Å²) >= 11 is 6.18. The lowest BCUT2D eigenvalue weighted by molar-refractivity contribution is 0.0697. The zero-order chi connectivity index (χ0) is 15.1. The van der Waals surface area contributed by atoms with Gasteiger partial charge in [0.1, 0.15) is 0 Å². The average Bonchev–Trinajstić information content (AvgIpc) is 2.95. The lowest BCUT2D eigenvalue weighted by Gasteiger charge is -2.04. The van der Waals surface area contributed by atoms with Gasteiger partial charge in [0.05, 0.1) is 33.9 Å². The molecule has 108 valence electrons. The number of aryl methyl sites for hydroxylation is 2. The van der Waals surface area contributed by atoms with Crippen LogP contribution in [0.1, 0.15) is 21.7 Å². The monoisotopic (exact) mass is 305 g/mol. The first-order valence-electron chi connectivity index (χ1n) is 6.21. The van der Waals surface area contributed by atoms with Gasteiger partial charge < -0.3 is 5.11 Å². The van der Waals surface area contributed by atoms with Crippen LogP contribution in [-0.4, -0.2) is 35.6 Å². The Bertz CT molecular complexity index is 852. The Labute approximate surface area is 124 Å². The van der Waals surface area contributed by atoms with Crippen molar-refractivity contribution in [3.8, 4) is 0 Å². The molecule has 3 rings (SSSR count). The van der Waals surface area contributed by atoms with Gasteiger partial charge in [-0.2, -0.15) is 10.2 Å². The molecule has 0 saturated heterocycles. The third-order valence-electron chi connectivity index (χ3n) is 3.34. The SMILES string of the molecule is Cc1nn(Cc2ccnn2C)c2ncc(C(=O)O)c(Cl)c12. The zero-order valence-electron chi connectivity index (χ0n) is 11.4. The molecule has 7 nitrogen and oxygen atoms in total. The van der Waals surface area contributed by atoms with Gasteiger partial charge in [0.15, 0.2) is 5.65 Å². The van der Waals surface area contributed by atoms with E-state index in [1.54, 1.807) is 22.5 Å². The molecule has 0 aliphatic carbocycles. The lowest BCUT2D eigenvalue weighted by atomic mass is 10.2. The minimum atomic E-state index is -1.10. The summed E-state index contributed by atoms with van der Waals surface area (Å²) in [5, 5.41) is 18.3. The number of nitrogens with zero attached hydrogens (tertiary/aromatic N) is 5. The van der Waals surface area contributed by atoms with Crippen molar-refractivity contribution in [1.82, 2.24) is 24.5 Å². The van der Waals surface area contributed by atoms with Crippen LogP contribution in [0.5, 0.6) is 0 Å². The number of pyridine rings is 1. The Balaban J connectivity index is 2.16. The molecular weight excluding hydrogens is 294 g/mol. The second-order valence-corrected chi connectivity index (χ2v) is 5.06. The molecular formula is C13H12ClN5O2. The fraction of sp³-hybridized carbons (Fsp3) is 0.231. The van der Waals surface area contributed by atoms with E-state index in [1.165, 1.54) is 6.20 Å². The predicted octanol–water partition coefficient (Wildman–Crippen LogP) is 1.87. The number of fused-ring (bicyclic) bond motifs is 1. The number of hydrogen-bond acceptors (Lipinski definition) is 4. The number of carboxylic acids is 1. The molecule has 21 heavy (non-hydrogen) atoms. The molecule has 0 aromatic carbocycles. The van der Waals surface area contributed by atoms with Crippen LogP contribution in [0.2, 0.25) is 5.02 Å². The Morgan fingerprint density at radius 1 is 1.48 bits per heavy atom. The number of carboxylic acid groups (broad SMARTS) is 1. The van der Waals surface area contributed by atoms with Crippen LogP contribution < -0.4 is 0 Å². The van der Waals surface area contributed by atoms with Crippen LogP contribution in [0.3, 0.4) is 0 Å². The molecule has 3 aromatic heterocycles. The highest BCUT2D eigenvalue weighted by atomic mass is 35.5. The first-order valence-corrected chi connectivity index (χ1v) is 6.58. The van der Waals surface area contributed by atoms with Crippen molar-refractivity contribution in [2.45, 2.75) is 13.5 Å². The summed E-state index contributed by atoms with van der Waals surface area (Å²) in [6.45, 7) is 2.26. The van der Waals surface area contributed by atoms with E-state index >= 15 is 0 Å². The van der Waals surface area contributed by atoms with E-state index in [4.69, 9.17) is 16.7 Å². The maximum atomic E-state index is 11.1. The highest BCUT2D eigenvalue weighted by Crippen LogP contribution is 2.28. The van der Waals surface area contributed by atoms with Gasteiger partial charge in [-0.25, -0.2) is 14.5 Å². The van der Waals surface area contributed by atoms with Crippen molar-refractivity contribution in [1.29, 1.82) is 0 Å². The van der Waals surface area contributed by atoms with E-state index < -0.39 is 5.97 Å². The summed E-state index contributed by atoms with van der Waals surface area (Å²) < 4.78 is 3.44. The van der Waals surface area contributed by atoms with Crippen molar-refractivity contribution in [2.75, 3.05) is 0 Å². The number of hydrogen-bond donors (Lipinski definition) is 1. The van der Waals surface area contributed by atoms with Crippen LogP contribution >= 0.6 is 11.6 Å². The molecule has 0 fully saturated rings. The van der Waals surface area contributed by atoms with Gasteiger partial charge in [-0.05, 0) is 13.0 Å². The Morgan fingerprint density at radius 3 is 2.86 bits per heavy atom. The van der Waals surface area contributed by atoms with Crippen molar-refractivity contribution in [3.05, 3.63) is 40.4 Å². The summed E-state index contributed by atoms with van der Waals surface area (Å²) in [6, 6.07) is 1.88. The van der Waals surface area contributed by atoms with E-state index in [2.05, 4.69) is 15.2 Å². The van der Waals surface area contributed by atoms with Crippen molar-refractivity contribution >= 4 is 28.6 Å². The molecule has 0 saturated carbocycles. The van der Waals surface area contributed by atoms with Gasteiger partial charge in [-0.1, -0.05) is 11.6 Å². The van der Waals surface area contributed by atoms with Crippen LogP contribution in [0.25, 0.3) is 11.0 Å². The molecule has 3 heterocycles. The Morgan fingerprint density at radius 2 is 2.24 bits per heavy atom. The first kappa shape index (κ1) is 13.6. The van der Waals surface area contributed by atoms with E-state index in [-0.39, 0.29) is 10.6 Å². The molecule has 0 atom stereocenters. The maximum Gasteiger partial charge on any atom is 0.338 e. The van der Waals surface area contributed by atoms with Gasteiger partial charge >= 0.3 is 5.97 Å². The number of carbonyl (C=O) groups is 1. The normalized spacial score (nSPS) is 11.2. The van der Waals surface area contributed by atoms with Crippen LogP contribution in [0, 0.1) is 6.92 Å². The van der Waals surface area contributed by atoms with Gasteiger partial charge in [-0.15, -0.1) is 0 Å². The minimum Gasteiger partial charge on any atom is -0.478 e. The Hall–Kier alpha value is -2.41. The molecule has 0 aliphatic rings. The highest BCUT2D eigenvalue weighted by molar-refractivity contribution is 6.38. The summed E-state index contributed by atoms with van der Waals surface area (Å²) in [7, 11) is 1.84. The topological polar surface area (TPSA) is 85.8 Å². The van der Waals surface area contributed by atoms with E-state index in [9.17, 15) is 4.79 Å². The largest absolute Gasteiger partial charge is 0.478 e. The average molecular weight is 306 g/mol. The second-order valence-electron chi connectivity index (χ2n) is 4.68. The van der Waals surface area contributed by atoms with Crippen LogP contribution in [-0.2, 0) is 13.6 Å². The van der Waals surface area contributed by atoms with Gasteiger partial charge in [0, 0.05) is 19.4 Å². The zero-order valence-corrected chi connectivity index (χ0v) is 12.2. The fourth-order valence-electron chi connectivity index (χ4n) is 2.24. The molecule has 0 amide bonds. The smallest absolute Gasteiger partial charge is 0.338 e. The molecule has 0 spiro atoms. The van der Waals surface area contributed by atoms with Gasteiger partial charge in [0.2, 0.25) is 0 Å². The third-order valence-corrected chi connectivity index (χ3v) is 3.73. The number of aromatic nitrogens is 5. The number of aromatic carboxylic acids is 1. The lowest BCUT2D eigenvalue weighted by Crippen LogP contribution is -2.08. The van der Waals surface area contributed by atoms with Crippen molar-refractivity contribution in [2.24, 2.45) is 7.05 Å². The second kappa shape index (κ2) is 4.85. The quantitative estimate of drug-likeness (QED) is 0.798. The third kappa shape index (κ3) is 2.15. The summed E-state index contributed by atoms with van der Waals surface area (Å²) in [6.07, 6.45) is 2.96. The molecule has 0 unspecified atom stereocenters. The van der Waals surface area contributed by atoms with E-state index in [0.29, 0.717) is 23.3 Å². The van der Waals surface area contributed by atoms with Crippen LogP contribution in [0.4, 0.5) is 0 Å². The van der Waals surface area contributed by atoms with Crippen LogP contribution in [0.15, 0.2) is 18.5 Å². The molecule has 1 N–H and O–H groups in total. The summed E-state index contributed by atoms with van der Waals surface area (Å²) in [4.78, 5) is 15.3. The van der Waals surface area contributed by atoms with E-state index in [0.717, 1.165) is 5.69 Å². The van der Waals surface area contributed by atoms with Crippen molar-refractivity contribution in [3.63, 3.8) is 0 Å². The number of rotatable bonds is 3. The number of halogens is 1. The maximum absolute atomic E-state index is 11.1. The minimum absolute atomic E-state index is 0.0210. The summed E-state index contributed by atoms with van der Waals surface area (Å²) in [5.41, 5.74) is 2.14. The molecule has 8 heteroatoms. The van der Waals surface area contributed by atoms with Gasteiger partial charge in [-0.3, -0.25) is 4.68 Å². The summed E-state index contributed by atoms with van der Waals surface area (Å²) in [5.74, 6) is -1.10.